The molecule has 9 N–H and O–H groups in total. The summed E-state index contributed by atoms with van der Waals surface area (Å²) >= 11 is 6.30. The van der Waals surface area contributed by atoms with E-state index in [2.05, 4.69) is 49.4 Å². The van der Waals surface area contributed by atoms with Gasteiger partial charge in [0.15, 0.2) is 11.9 Å². The highest BCUT2D eigenvalue weighted by molar-refractivity contribution is 6.30. The zero-order valence-corrected chi connectivity index (χ0v) is 19.7. The average molecular weight is 483 g/mol. The molecule has 1 fully saturated rings. The Morgan fingerprint density at radius 3 is 2.56 bits per heavy atom. The molecule has 34 heavy (non-hydrogen) atoms. The van der Waals surface area contributed by atoms with Gasteiger partial charge in [-0.3, -0.25) is 9.89 Å². The van der Waals surface area contributed by atoms with Crippen LogP contribution in [0.5, 0.6) is 0 Å². The molecule has 1 unspecified atom stereocenters. The van der Waals surface area contributed by atoms with Gasteiger partial charge >= 0.3 is 0 Å². The second-order valence-electron chi connectivity index (χ2n) is 8.33. The van der Waals surface area contributed by atoms with Gasteiger partial charge < -0.3 is 33.2 Å². The summed E-state index contributed by atoms with van der Waals surface area (Å²) < 4.78 is 0. The Bertz CT molecular complexity index is 1100. The highest BCUT2D eigenvalue weighted by Crippen LogP contribution is 2.37. The first-order valence-electron chi connectivity index (χ1n) is 11.3. The molecule has 1 atom stereocenters. The van der Waals surface area contributed by atoms with Gasteiger partial charge in [-0.15, -0.1) is 0 Å². The standard InChI is InChI=1S/C23H31ClN10/c24-16-5-6-19-18(14-16)20(31-23(30-19)32-22(27)28)15-3-1-4-17(13-15)34-11-9-33(10-12-34)8-2-7-29-21(25)26/h1,3-6,13-14,20H,2,7-12H2,(H4,25,26,29)(H5,27,28,30,31,32). The third kappa shape index (κ3) is 5.89. The molecule has 10 nitrogen and oxygen atoms in total. The van der Waals surface area contributed by atoms with Crippen LogP contribution < -0.4 is 33.2 Å². The maximum Gasteiger partial charge on any atom is 0.226 e. The molecule has 180 valence electrons. The maximum atomic E-state index is 6.30. The van der Waals surface area contributed by atoms with E-state index in [0.29, 0.717) is 17.5 Å². The molecule has 0 aromatic heterocycles. The molecule has 2 aliphatic rings. The smallest absolute Gasteiger partial charge is 0.226 e. The number of benzene rings is 2. The summed E-state index contributed by atoms with van der Waals surface area (Å²) in [5.74, 6) is 0.477. The molecule has 11 heteroatoms. The number of aliphatic imine (C=N–C) groups is 3. The van der Waals surface area contributed by atoms with Gasteiger partial charge in [0, 0.05) is 61.2 Å². The molecule has 2 heterocycles. The fraction of sp³-hybridized carbons (Fsp3) is 0.348. The summed E-state index contributed by atoms with van der Waals surface area (Å²) in [5, 5.41) is 3.82. The second-order valence-corrected chi connectivity index (χ2v) is 8.77. The summed E-state index contributed by atoms with van der Waals surface area (Å²) in [6.07, 6.45) is 0.946. The number of rotatable bonds is 6. The van der Waals surface area contributed by atoms with Crippen molar-refractivity contribution >= 4 is 40.9 Å². The van der Waals surface area contributed by atoms with Gasteiger partial charge in [0.2, 0.25) is 5.96 Å². The van der Waals surface area contributed by atoms with Gasteiger partial charge in [0.05, 0.1) is 0 Å². The first-order chi connectivity index (χ1) is 16.4. The van der Waals surface area contributed by atoms with E-state index in [0.717, 1.165) is 56.0 Å². The minimum Gasteiger partial charge on any atom is -0.370 e. The normalized spacial score (nSPS) is 17.9. The van der Waals surface area contributed by atoms with Gasteiger partial charge in [-0.2, -0.15) is 4.99 Å². The van der Waals surface area contributed by atoms with Gasteiger partial charge in [-0.1, -0.05) is 23.7 Å². The van der Waals surface area contributed by atoms with Crippen LogP contribution in [0.3, 0.4) is 0 Å². The largest absolute Gasteiger partial charge is 0.370 e. The lowest BCUT2D eigenvalue weighted by atomic mass is 9.96. The van der Waals surface area contributed by atoms with Gasteiger partial charge in [-0.25, -0.2) is 4.99 Å². The van der Waals surface area contributed by atoms with Crippen LogP contribution in [0.1, 0.15) is 23.6 Å². The summed E-state index contributed by atoms with van der Waals surface area (Å²) in [7, 11) is 0. The van der Waals surface area contributed by atoms with Crippen LogP contribution in [-0.2, 0) is 0 Å². The molecule has 0 saturated carbocycles. The molecule has 2 aromatic rings. The van der Waals surface area contributed by atoms with E-state index in [1.54, 1.807) is 0 Å². The molecule has 2 aliphatic heterocycles. The number of nitrogens with one attached hydrogen (secondary N) is 1. The van der Waals surface area contributed by atoms with E-state index in [9.17, 15) is 0 Å². The lowest BCUT2D eigenvalue weighted by Gasteiger charge is -2.36. The molecule has 4 rings (SSSR count). The number of guanidine groups is 3. The summed E-state index contributed by atoms with van der Waals surface area (Å²) in [6, 6.07) is 13.9. The number of piperazine rings is 1. The van der Waals surface area contributed by atoms with E-state index in [-0.39, 0.29) is 18.0 Å². The summed E-state index contributed by atoms with van der Waals surface area (Å²) in [5.41, 5.74) is 26.0. The SMILES string of the molecule is NC(N)=NCCCN1CCN(c2cccc(C3N=C(N=C(N)N)Nc4ccc(Cl)cc43)c2)CC1. The molecule has 0 spiro atoms. The third-order valence-corrected chi connectivity index (χ3v) is 6.13. The Kier molecular flexibility index (Phi) is 7.39. The van der Waals surface area contributed by atoms with Crippen molar-refractivity contribution in [2.24, 2.45) is 37.9 Å². The number of nitrogens with zero attached hydrogens (tertiary/aromatic N) is 5. The molecule has 0 aliphatic carbocycles. The molecule has 2 aromatic carbocycles. The van der Waals surface area contributed by atoms with Gasteiger partial charge in [-0.05, 0) is 42.3 Å². The van der Waals surface area contributed by atoms with Crippen LogP contribution in [-0.4, -0.2) is 62.0 Å². The fourth-order valence-corrected chi connectivity index (χ4v) is 4.46. The molecule has 0 amide bonds. The van der Waals surface area contributed by atoms with Crippen LogP contribution in [0.4, 0.5) is 11.4 Å². The average Bonchev–Trinajstić information content (AvgIpc) is 2.81. The Morgan fingerprint density at radius 1 is 1.03 bits per heavy atom. The predicted octanol–water partition coefficient (Wildman–Crippen LogP) is 1.27. The predicted molar refractivity (Wildman–Crippen MR) is 141 cm³/mol. The van der Waals surface area contributed by atoms with E-state index in [4.69, 9.17) is 39.5 Å². The van der Waals surface area contributed by atoms with Crippen molar-refractivity contribution in [2.75, 3.05) is 49.5 Å². The lowest BCUT2D eigenvalue weighted by molar-refractivity contribution is 0.256. The van der Waals surface area contributed by atoms with Gasteiger partial charge in [0.25, 0.3) is 0 Å². The Morgan fingerprint density at radius 2 is 1.82 bits per heavy atom. The topological polar surface area (TPSA) is 160 Å². The third-order valence-electron chi connectivity index (χ3n) is 5.89. The Hall–Kier alpha value is -3.50. The quantitative estimate of drug-likeness (QED) is 0.235. The zero-order valence-electron chi connectivity index (χ0n) is 19.0. The zero-order chi connectivity index (χ0) is 24.1. The van der Waals surface area contributed by atoms with Crippen LogP contribution in [0.15, 0.2) is 57.4 Å². The fourth-order valence-electron chi connectivity index (χ4n) is 4.28. The first-order valence-corrected chi connectivity index (χ1v) is 11.6. The number of hydrogen-bond acceptors (Lipinski definition) is 6. The molecular weight excluding hydrogens is 452 g/mol. The number of fused-ring (bicyclic) bond motifs is 1. The second kappa shape index (κ2) is 10.6. The van der Waals surface area contributed by atoms with Crippen molar-refractivity contribution in [3.8, 4) is 0 Å². The van der Waals surface area contributed by atoms with Crippen LogP contribution in [0.25, 0.3) is 0 Å². The molecule has 0 bridgehead atoms. The Labute approximate surface area is 204 Å². The molecule has 1 saturated heterocycles. The highest BCUT2D eigenvalue weighted by atomic mass is 35.5. The highest BCUT2D eigenvalue weighted by Gasteiger charge is 2.25. The molecular formula is C23H31ClN10. The number of nitrogens with two attached hydrogens (primary N) is 4. The van der Waals surface area contributed by atoms with Crippen molar-refractivity contribution in [3.63, 3.8) is 0 Å². The van der Waals surface area contributed by atoms with E-state index >= 15 is 0 Å². The summed E-state index contributed by atoms with van der Waals surface area (Å²) in [6.45, 7) is 5.52. The summed E-state index contributed by atoms with van der Waals surface area (Å²) in [4.78, 5) is 17.8. The van der Waals surface area contributed by atoms with E-state index in [1.165, 1.54) is 5.69 Å². The first kappa shape index (κ1) is 23.7. The minimum absolute atomic E-state index is 0.0488. The van der Waals surface area contributed by atoms with Gasteiger partial charge in [0.1, 0.15) is 6.04 Å². The number of halogens is 1. The lowest BCUT2D eigenvalue weighted by Crippen LogP contribution is -2.46. The van der Waals surface area contributed by atoms with Crippen molar-refractivity contribution in [1.82, 2.24) is 4.90 Å². The van der Waals surface area contributed by atoms with Crippen LogP contribution in [0, 0.1) is 0 Å². The molecule has 0 radical (unpaired) electrons. The van der Waals surface area contributed by atoms with Crippen LogP contribution in [0.2, 0.25) is 5.02 Å². The number of anilines is 2. The Balaban J connectivity index is 1.49. The van der Waals surface area contributed by atoms with E-state index < -0.39 is 0 Å². The minimum atomic E-state index is -0.273. The van der Waals surface area contributed by atoms with E-state index in [1.807, 2.05) is 18.2 Å². The maximum absolute atomic E-state index is 6.30. The van der Waals surface area contributed by atoms with Crippen molar-refractivity contribution in [3.05, 3.63) is 58.6 Å². The van der Waals surface area contributed by atoms with Crippen molar-refractivity contribution in [2.45, 2.75) is 12.5 Å². The number of hydrogen-bond donors (Lipinski definition) is 5. The van der Waals surface area contributed by atoms with Crippen molar-refractivity contribution < 1.29 is 0 Å². The van der Waals surface area contributed by atoms with Crippen LogP contribution >= 0.6 is 11.6 Å². The van der Waals surface area contributed by atoms with Crippen molar-refractivity contribution in [1.29, 1.82) is 0 Å². The monoisotopic (exact) mass is 482 g/mol.